The Balaban J connectivity index is 1.96. The van der Waals surface area contributed by atoms with Crippen molar-refractivity contribution in [3.63, 3.8) is 0 Å². The molecule has 0 saturated carbocycles. The van der Waals surface area contributed by atoms with Crippen LogP contribution in [-0.2, 0) is 6.18 Å². The van der Waals surface area contributed by atoms with Crippen molar-refractivity contribution in [1.82, 2.24) is 4.57 Å². The number of alkyl halides is 3. The molecule has 2 nitrogen and oxygen atoms in total. The first-order valence-corrected chi connectivity index (χ1v) is 7.13. The maximum Gasteiger partial charge on any atom is 0.416 e. The minimum atomic E-state index is -4.46. The van der Waals surface area contributed by atoms with Gasteiger partial charge >= 0.3 is 11.0 Å². The molecule has 0 N–H and O–H groups in total. The van der Waals surface area contributed by atoms with Gasteiger partial charge in [-0.1, -0.05) is 22.9 Å². The topological polar surface area (TPSA) is 22.0 Å². The third-order valence-corrected chi connectivity index (χ3v) is 4.61. The van der Waals surface area contributed by atoms with Crippen LogP contribution >= 0.6 is 22.9 Å². The summed E-state index contributed by atoms with van der Waals surface area (Å²) < 4.78 is 40.2. The van der Waals surface area contributed by atoms with Crippen LogP contribution < -0.4 is 4.87 Å². The lowest BCUT2D eigenvalue weighted by atomic mass is 10.2. The number of fused-ring (bicyclic) bond motifs is 3. The van der Waals surface area contributed by atoms with Crippen molar-refractivity contribution >= 4 is 33.2 Å². The van der Waals surface area contributed by atoms with Crippen molar-refractivity contribution in [2.75, 3.05) is 0 Å². The molecule has 2 aromatic rings. The van der Waals surface area contributed by atoms with Crippen molar-refractivity contribution in [3.8, 4) is 16.8 Å². The van der Waals surface area contributed by atoms with Gasteiger partial charge in [-0.15, -0.1) is 0 Å². The lowest BCUT2D eigenvalue weighted by Gasteiger charge is -2.10. The first-order valence-electron chi connectivity index (χ1n) is 5.93. The number of thiazole rings is 1. The lowest BCUT2D eigenvalue weighted by molar-refractivity contribution is -0.137. The largest absolute Gasteiger partial charge is 0.416 e. The molecule has 0 atom stereocenters. The van der Waals surface area contributed by atoms with E-state index in [-0.39, 0.29) is 15.6 Å². The minimum Gasteiger partial charge on any atom is -0.265 e. The molecule has 0 fully saturated rings. The van der Waals surface area contributed by atoms with Crippen LogP contribution in [0.1, 0.15) is 5.56 Å². The van der Waals surface area contributed by atoms with E-state index in [4.69, 9.17) is 11.6 Å². The molecular formula is C14H5ClF3NOS. The number of aromatic nitrogens is 1. The van der Waals surface area contributed by atoms with Gasteiger partial charge in [0, 0.05) is 5.56 Å². The molecule has 0 unspecified atom stereocenters. The smallest absolute Gasteiger partial charge is 0.265 e. The van der Waals surface area contributed by atoms with Crippen LogP contribution in [0.5, 0.6) is 0 Å². The van der Waals surface area contributed by atoms with Crippen LogP contribution in [0, 0.1) is 0 Å². The van der Waals surface area contributed by atoms with Gasteiger partial charge < -0.3 is 0 Å². The average molecular weight is 328 g/mol. The Labute approximate surface area is 125 Å². The summed E-state index contributed by atoms with van der Waals surface area (Å²) in [4.78, 5) is 11.8. The monoisotopic (exact) mass is 327 g/mol. The molecule has 1 heterocycles. The fourth-order valence-corrected chi connectivity index (χ4v) is 3.63. The zero-order valence-electron chi connectivity index (χ0n) is 10.2. The summed E-state index contributed by atoms with van der Waals surface area (Å²) in [6, 6.07) is 6.83. The maximum atomic E-state index is 12.7. The van der Waals surface area contributed by atoms with E-state index in [1.54, 1.807) is 0 Å². The predicted molar refractivity (Wildman–Crippen MR) is 76.4 cm³/mol. The second-order valence-electron chi connectivity index (χ2n) is 4.74. The number of hydrogen-bond donors (Lipinski definition) is 0. The van der Waals surface area contributed by atoms with Gasteiger partial charge in [0.1, 0.15) is 0 Å². The van der Waals surface area contributed by atoms with E-state index >= 15 is 0 Å². The van der Waals surface area contributed by atoms with Crippen molar-refractivity contribution < 1.29 is 13.2 Å². The summed E-state index contributed by atoms with van der Waals surface area (Å²) in [6.07, 6.45) is -4.46. The Bertz CT molecular complexity index is 971. The summed E-state index contributed by atoms with van der Waals surface area (Å²) in [6.45, 7) is 0. The van der Waals surface area contributed by atoms with Gasteiger partial charge in [0.25, 0.3) is 0 Å². The Kier molecular flexibility index (Phi) is 2.40. The number of benzene rings is 2. The van der Waals surface area contributed by atoms with Crippen molar-refractivity contribution in [2.24, 2.45) is 0 Å². The van der Waals surface area contributed by atoms with Gasteiger partial charge in [0.05, 0.1) is 26.5 Å². The molecule has 0 spiro atoms. The average Bonchev–Trinajstić information content (AvgIpc) is 2.94. The molecule has 0 radical (unpaired) electrons. The van der Waals surface area contributed by atoms with Crippen LogP contribution in [0.25, 0.3) is 27.0 Å². The molecule has 1 aromatic carbocycles. The SMILES string of the molecule is O=c1sc2cc3cc-3c2n1-c1ccc(C(F)(F)F)cc1Cl. The van der Waals surface area contributed by atoms with Gasteiger partial charge in [-0.05, 0) is 35.9 Å². The molecule has 2 aliphatic carbocycles. The quantitative estimate of drug-likeness (QED) is 0.496. The molecule has 106 valence electrons. The van der Waals surface area contributed by atoms with Crippen LogP contribution in [0.15, 0.2) is 35.1 Å². The fourth-order valence-electron chi connectivity index (χ4n) is 2.41. The van der Waals surface area contributed by atoms with Crippen LogP contribution in [0.2, 0.25) is 5.02 Å². The first kappa shape index (κ1) is 12.9. The summed E-state index contributed by atoms with van der Waals surface area (Å²) in [5.74, 6) is 0. The van der Waals surface area contributed by atoms with Crippen molar-refractivity contribution in [2.45, 2.75) is 6.18 Å². The Morgan fingerprint density at radius 1 is 1.14 bits per heavy atom. The van der Waals surface area contributed by atoms with Gasteiger partial charge in [-0.2, -0.15) is 13.2 Å². The lowest BCUT2D eigenvalue weighted by Crippen LogP contribution is -2.12. The Morgan fingerprint density at radius 3 is 2.57 bits per heavy atom. The van der Waals surface area contributed by atoms with Gasteiger partial charge in [-0.25, -0.2) is 0 Å². The van der Waals surface area contributed by atoms with E-state index in [1.807, 2.05) is 12.1 Å². The molecule has 1 aromatic heterocycles. The van der Waals surface area contributed by atoms with E-state index in [0.717, 1.165) is 44.8 Å². The molecule has 0 bridgehead atoms. The van der Waals surface area contributed by atoms with E-state index in [1.165, 1.54) is 10.6 Å². The molecule has 4 rings (SSSR count). The van der Waals surface area contributed by atoms with Gasteiger partial charge in [0.2, 0.25) is 0 Å². The van der Waals surface area contributed by atoms with Crippen LogP contribution in [0.4, 0.5) is 13.2 Å². The third kappa shape index (κ3) is 1.82. The standard InChI is InChI=1S/C14H5ClF3NOS/c15-9-5-7(14(16,17)18)1-2-10(9)19-12-8-3-6(8)4-11(12)21-13(19)20/h1-5H. The van der Waals surface area contributed by atoms with Gasteiger partial charge in [0.15, 0.2) is 0 Å². The van der Waals surface area contributed by atoms with Crippen molar-refractivity contribution in [3.05, 3.63) is 50.6 Å². The molecule has 7 heteroatoms. The van der Waals surface area contributed by atoms with E-state index in [9.17, 15) is 18.0 Å². The Morgan fingerprint density at radius 2 is 1.90 bits per heavy atom. The zero-order valence-corrected chi connectivity index (χ0v) is 11.7. The highest BCUT2D eigenvalue weighted by molar-refractivity contribution is 7.16. The third-order valence-electron chi connectivity index (χ3n) is 3.42. The maximum absolute atomic E-state index is 12.7. The predicted octanol–water partition coefficient (Wildman–Crippen LogP) is 4.70. The second kappa shape index (κ2) is 3.90. The summed E-state index contributed by atoms with van der Waals surface area (Å²) in [7, 11) is 0. The molecular weight excluding hydrogens is 323 g/mol. The highest BCUT2D eigenvalue weighted by Crippen LogP contribution is 2.45. The number of halogens is 4. The first-order chi connectivity index (χ1) is 9.86. The molecule has 21 heavy (non-hydrogen) atoms. The Hall–Kier alpha value is -1.79. The summed E-state index contributed by atoms with van der Waals surface area (Å²) >= 11 is 7.03. The van der Waals surface area contributed by atoms with E-state index in [2.05, 4.69) is 0 Å². The van der Waals surface area contributed by atoms with Gasteiger partial charge in [-0.3, -0.25) is 9.36 Å². The molecule has 0 aliphatic heterocycles. The fraction of sp³-hybridized carbons (Fsp3) is 0.0714. The highest BCUT2D eigenvalue weighted by atomic mass is 35.5. The van der Waals surface area contributed by atoms with E-state index < -0.39 is 11.7 Å². The summed E-state index contributed by atoms with van der Waals surface area (Å²) in [5, 5.41) is -0.0952. The van der Waals surface area contributed by atoms with Crippen LogP contribution in [0.3, 0.4) is 0 Å². The van der Waals surface area contributed by atoms with Crippen LogP contribution in [-0.4, -0.2) is 4.57 Å². The number of hydrogen-bond acceptors (Lipinski definition) is 2. The number of rotatable bonds is 1. The number of nitrogens with zero attached hydrogens (tertiary/aromatic N) is 1. The summed E-state index contributed by atoms with van der Waals surface area (Å²) in [5.41, 5.74) is 2.18. The molecule has 0 amide bonds. The molecule has 0 saturated heterocycles. The molecule has 2 aliphatic rings. The minimum absolute atomic E-state index is 0.0952. The highest BCUT2D eigenvalue weighted by Gasteiger charge is 2.31. The normalized spacial score (nSPS) is 13.0. The van der Waals surface area contributed by atoms with Crippen molar-refractivity contribution in [1.29, 1.82) is 0 Å². The second-order valence-corrected chi connectivity index (χ2v) is 6.14. The van der Waals surface area contributed by atoms with E-state index in [0.29, 0.717) is 0 Å². The zero-order chi connectivity index (χ0) is 14.9.